The molecule has 3 atom stereocenters. The quantitative estimate of drug-likeness (QED) is 0.318. The lowest BCUT2D eigenvalue weighted by Crippen LogP contribution is -2.42. The second kappa shape index (κ2) is 11.1. The number of nitrogens with zero attached hydrogens (tertiary/aromatic N) is 6. The van der Waals surface area contributed by atoms with E-state index in [4.69, 9.17) is 15.6 Å². The molecule has 2 aliphatic rings. The minimum atomic E-state index is -1.63. The molecule has 0 radical (unpaired) electrons. The summed E-state index contributed by atoms with van der Waals surface area (Å²) in [5.41, 5.74) is 4.91. The third-order valence-electron chi connectivity index (χ3n) is 7.63. The zero-order chi connectivity index (χ0) is 29.2. The lowest BCUT2D eigenvalue weighted by molar-refractivity contribution is -0.127. The summed E-state index contributed by atoms with van der Waals surface area (Å²) in [6.07, 6.45) is 9.25. The molecule has 3 N–H and O–H groups in total. The van der Waals surface area contributed by atoms with Gasteiger partial charge in [-0.25, -0.2) is 19.0 Å². The number of aromatic nitrogens is 4. The molecule has 1 aliphatic carbocycles. The summed E-state index contributed by atoms with van der Waals surface area (Å²) in [6.45, 7) is 4.56. The van der Waals surface area contributed by atoms with E-state index in [1.807, 2.05) is 19.9 Å². The van der Waals surface area contributed by atoms with Gasteiger partial charge >= 0.3 is 0 Å². The third kappa shape index (κ3) is 5.30. The molecule has 10 nitrogen and oxygen atoms in total. The molecule has 1 amide bonds. The SMILES string of the molecule is CNC(C)(C)C=C(C#N)C(=O)N1CCC[C@@H]1Cn1nc(C2(Oc3ccccc3)C=CC=CC2F)c2c(N)ncnc21. The molecule has 0 spiro atoms. The normalized spacial score (nSPS) is 22.7. The van der Waals surface area contributed by atoms with Gasteiger partial charge < -0.3 is 20.7 Å². The number of hydrogen-bond acceptors (Lipinski definition) is 8. The maximum absolute atomic E-state index is 15.9. The van der Waals surface area contributed by atoms with E-state index in [-0.39, 0.29) is 35.6 Å². The van der Waals surface area contributed by atoms with Crippen molar-refractivity contribution in [2.45, 2.75) is 56.6 Å². The topological polar surface area (TPSA) is 135 Å². The van der Waals surface area contributed by atoms with E-state index in [0.29, 0.717) is 29.7 Å². The molecule has 3 aromatic rings. The summed E-state index contributed by atoms with van der Waals surface area (Å²) in [7, 11) is 1.77. The number of benzene rings is 1. The number of alkyl halides is 1. The van der Waals surface area contributed by atoms with Gasteiger partial charge in [0.1, 0.15) is 35.2 Å². The first-order chi connectivity index (χ1) is 19.7. The number of allylic oxidation sites excluding steroid dienone is 2. The molecule has 212 valence electrons. The molecule has 0 bridgehead atoms. The van der Waals surface area contributed by atoms with Crippen molar-refractivity contribution in [1.82, 2.24) is 30.0 Å². The molecule has 1 fully saturated rings. The molecule has 0 saturated carbocycles. The van der Waals surface area contributed by atoms with Crippen LogP contribution in [0.2, 0.25) is 0 Å². The fraction of sp³-hybridized carbons (Fsp3) is 0.367. The standard InChI is InChI=1S/C30H33FN8O2/c1-29(2,34-3)16-20(17-32)28(40)38-15-9-10-21(38)18-39-27-24(26(33)35-19-36-27)25(37-39)30(14-8-7-13-23(30)31)41-22-11-5-4-6-12-22/h4-8,11-14,16,19,21,23,34H,9-10,15,18H2,1-3H3,(H2,33,35,36)/t21-,23?,30?/m1/s1. The second-order valence-corrected chi connectivity index (χ2v) is 10.8. The number of carbonyl (C=O) groups excluding carboxylic acids is 1. The number of likely N-dealkylation sites (N-methyl/N-ethyl adjacent to an activating group) is 1. The predicted octanol–water partition coefficient (Wildman–Crippen LogP) is 3.59. The van der Waals surface area contributed by atoms with Gasteiger partial charge in [-0.1, -0.05) is 30.4 Å². The highest BCUT2D eigenvalue weighted by atomic mass is 19.1. The van der Waals surface area contributed by atoms with Gasteiger partial charge in [0.05, 0.1) is 18.0 Å². The van der Waals surface area contributed by atoms with Crippen LogP contribution in [0.1, 0.15) is 32.4 Å². The van der Waals surface area contributed by atoms with Crippen LogP contribution >= 0.6 is 0 Å². The Hall–Kier alpha value is -4.56. The van der Waals surface area contributed by atoms with Crippen molar-refractivity contribution in [1.29, 1.82) is 5.26 Å². The highest BCUT2D eigenvalue weighted by molar-refractivity contribution is 5.98. The fourth-order valence-corrected chi connectivity index (χ4v) is 5.28. The molecular formula is C30H33FN8O2. The minimum Gasteiger partial charge on any atom is -0.473 e. The van der Waals surface area contributed by atoms with Gasteiger partial charge in [0.25, 0.3) is 5.91 Å². The molecule has 3 heterocycles. The van der Waals surface area contributed by atoms with Crippen LogP contribution in [-0.2, 0) is 16.9 Å². The number of nitrogens with two attached hydrogens (primary N) is 1. The molecule has 2 unspecified atom stereocenters. The lowest BCUT2D eigenvalue weighted by Gasteiger charge is -2.33. The summed E-state index contributed by atoms with van der Waals surface area (Å²) in [4.78, 5) is 23.8. The number of halogens is 1. The first kappa shape index (κ1) is 28.0. The van der Waals surface area contributed by atoms with Crippen LogP contribution in [0.5, 0.6) is 5.75 Å². The Morgan fingerprint density at radius 3 is 2.80 bits per heavy atom. The summed E-state index contributed by atoms with van der Waals surface area (Å²) >= 11 is 0. The van der Waals surface area contributed by atoms with Crippen LogP contribution in [0.25, 0.3) is 11.0 Å². The summed E-state index contributed by atoms with van der Waals surface area (Å²) in [6, 6.07) is 10.8. The number of anilines is 1. The maximum atomic E-state index is 15.9. The van der Waals surface area contributed by atoms with Gasteiger partial charge in [-0.2, -0.15) is 10.4 Å². The van der Waals surface area contributed by atoms with Gasteiger partial charge in [-0.15, -0.1) is 0 Å². The Labute approximate surface area is 238 Å². The van der Waals surface area contributed by atoms with Gasteiger partial charge in [-0.05, 0) is 64.1 Å². The molecule has 41 heavy (non-hydrogen) atoms. The first-order valence-corrected chi connectivity index (χ1v) is 13.5. The number of para-hydroxylation sites is 1. The first-order valence-electron chi connectivity index (χ1n) is 13.5. The fourth-order valence-electron chi connectivity index (χ4n) is 5.28. The number of nitrogen functional groups attached to an aromatic ring is 1. The predicted molar refractivity (Wildman–Crippen MR) is 153 cm³/mol. The Morgan fingerprint density at radius 2 is 2.10 bits per heavy atom. The Bertz CT molecular complexity index is 1570. The van der Waals surface area contributed by atoms with Crippen molar-refractivity contribution in [3.8, 4) is 11.8 Å². The Morgan fingerprint density at radius 1 is 1.32 bits per heavy atom. The van der Waals surface area contributed by atoms with Crippen molar-refractivity contribution in [2.75, 3.05) is 19.3 Å². The Balaban J connectivity index is 1.56. The van der Waals surface area contributed by atoms with E-state index < -0.39 is 17.3 Å². The van der Waals surface area contributed by atoms with Crippen molar-refractivity contribution in [3.05, 3.63) is 78.3 Å². The van der Waals surface area contributed by atoms with Crippen LogP contribution < -0.4 is 15.8 Å². The number of hydrogen-bond donors (Lipinski definition) is 2. The molecule has 11 heteroatoms. The minimum absolute atomic E-state index is 0.0726. The average molecular weight is 557 g/mol. The number of fused-ring (bicyclic) bond motifs is 1. The van der Waals surface area contributed by atoms with Crippen molar-refractivity contribution >= 4 is 22.8 Å². The van der Waals surface area contributed by atoms with E-state index in [2.05, 4.69) is 21.4 Å². The summed E-state index contributed by atoms with van der Waals surface area (Å²) in [5.74, 6) is 0.268. The van der Waals surface area contributed by atoms with Gasteiger partial charge in [0, 0.05) is 12.1 Å². The van der Waals surface area contributed by atoms with Crippen LogP contribution in [0, 0.1) is 11.3 Å². The van der Waals surface area contributed by atoms with Crippen molar-refractivity contribution < 1.29 is 13.9 Å². The smallest absolute Gasteiger partial charge is 0.264 e. The highest BCUT2D eigenvalue weighted by Gasteiger charge is 2.46. The highest BCUT2D eigenvalue weighted by Crippen LogP contribution is 2.41. The number of likely N-dealkylation sites (tertiary alicyclic amines) is 1. The van der Waals surface area contributed by atoms with Gasteiger partial charge in [0.2, 0.25) is 5.60 Å². The number of carbonyl (C=O) groups is 1. The maximum Gasteiger partial charge on any atom is 0.264 e. The second-order valence-electron chi connectivity index (χ2n) is 10.8. The molecule has 1 saturated heterocycles. The largest absolute Gasteiger partial charge is 0.473 e. The van der Waals surface area contributed by atoms with E-state index >= 15 is 4.39 Å². The molecule has 1 aromatic carbocycles. The van der Waals surface area contributed by atoms with E-state index in [0.717, 1.165) is 6.42 Å². The zero-order valence-corrected chi connectivity index (χ0v) is 23.3. The summed E-state index contributed by atoms with van der Waals surface area (Å²) in [5, 5.41) is 18.1. The number of nitriles is 1. The number of ether oxygens (including phenoxy) is 1. The van der Waals surface area contributed by atoms with Crippen LogP contribution in [0.15, 0.2) is 72.6 Å². The monoisotopic (exact) mass is 556 g/mol. The molecule has 1 aliphatic heterocycles. The Kier molecular flexibility index (Phi) is 7.60. The van der Waals surface area contributed by atoms with Crippen molar-refractivity contribution in [3.63, 3.8) is 0 Å². The number of amides is 1. The van der Waals surface area contributed by atoms with E-state index in [1.54, 1.807) is 65.2 Å². The average Bonchev–Trinajstić information content (AvgIpc) is 3.59. The van der Waals surface area contributed by atoms with E-state index in [1.165, 1.54) is 12.4 Å². The molecule has 5 rings (SSSR count). The van der Waals surface area contributed by atoms with Crippen LogP contribution in [0.3, 0.4) is 0 Å². The van der Waals surface area contributed by atoms with E-state index in [9.17, 15) is 10.1 Å². The third-order valence-corrected chi connectivity index (χ3v) is 7.63. The zero-order valence-electron chi connectivity index (χ0n) is 23.3. The summed E-state index contributed by atoms with van der Waals surface area (Å²) < 4.78 is 23.9. The number of nitrogens with one attached hydrogen (secondary N) is 1. The van der Waals surface area contributed by atoms with Crippen molar-refractivity contribution in [2.24, 2.45) is 0 Å². The lowest BCUT2D eigenvalue weighted by atomic mass is 9.88. The molecule has 2 aromatic heterocycles. The van der Waals surface area contributed by atoms with Gasteiger partial charge in [0.15, 0.2) is 11.8 Å². The van der Waals surface area contributed by atoms with Crippen LogP contribution in [0.4, 0.5) is 10.2 Å². The van der Waals surface area contributed by atoms with Gasteiger partial charge in [-0.3, -0.25) is 4.79 Å². The number of rotatable bonds is 8. The van der Waals surface area contributed by atoms with Crippen LogP contribution in [-0.4, -0.2) is 61.9 Å². The molecular weight excluding hydrogens is 523 g/mol.